The van der Waals surface area contributed by atoms with Crippen LogP contribution in [0.2, 0.25) is 0 Å². The van der Waals surface area contributed by atoms with Crippen LogP contribution in [0.15, 0.2) is 42.0 Å². The monoisotopic (exact) mass is 323 g/mol. The van der Waals surface area contributed by atoms with Gasteiger partial charge >= 0.3 is 5.97 Å². The molecule has 5 nitrogen and oxygen atoms in total. The summed E-state index contributed by atoms with van der Waals surface area (Å²) in [5, 5.41) is 9.52. The van der Waals surface area contributed by atoms with E-state index in [1.54, 1.807) is 30.3 Å². The first-order valence-corrected chi connectivity index (χ1v) is 8.87. The summed E-state index contributed by atoms with van der Waals surface area (Å²) < 4.78 is 26.0. The molecule has 0 aromatic heterocycles. The molecule has 1 aromatic rings. The predicted molar refractivity (Wildman–Crippen MR) is 84.8 cm³/mol. The molecule has 1 aromatic carbocycles. The van der Waals surface area contributed by atoms with E-state index in [2.05, 4.69) is 0 Å². The second-order valence-corrected chi connectivity index (χ2v) is 8.53. The van der Waals surface area contributed by atoms with Crippen LogP contribution >= 0.6 is 0 Å². The lowest BCUT2D eigenvalue weighted by Gasteiger charge is -2.36. The molecule has 0 bridgehead atoms. The molecule has 120 valence electrons. The molecule has 1 aliphatic rings. The molecule has 0 saturated carbocycles. The van der Waals surface area contributed by atoms with E-state index in [1.807, 2.05) is 26.8 Å². The van der Waals surface area contributed by atoms with Gasteiger partial charge in [-0.25, -0.2) is 13.2 Å². The highest BCUT2D eigenvalue weighted by molar-refractivity contribution is 7.88. The van der Waals surface area contributed by atoms with Crippen molar-refractivity contribution in [2.24, 2.45) is 5.41 Å². The number of nitrogens with zero attached hydrogens (tertiary/aromatic N) is 1. The molecular formula is C16H21NO4S. The highest BCUT2D eigenvalue weighted by atomic mass is 32.2. The maximum Gasteiger partial charge on any atom is 0.333 e. The number of aliphatic carboxylic acids is 1. The zero-order valence-electron chi connectivity index (χ0n) is 13.1. The summed E-state index contributed by atoms with van der Waals surface area (Å²) >= 11 is 0. The summed E-state index contributed by atoms with van der Waals surface area (Å²) in [5.41, 5.74) is 0.359. The molecule has 0 spiro atoms. The molecule has 22 heavy (non-hydrogen) atoms. The van der Waals surface area contributed by atoms with Gasteiger partial charge in [-0.05, 0) is 11.0 Å². The largest absolute Gasteiger partial charge is 0.478 e. The fourth-order valence-electron chi connectivity index (χ4n) is 2.81. The summed E-state index contributed by atoms with van der Waals surface area (Å²) in [5.74, 6) is -1.09. The second-order valence-electron chi connectivity index (χ2n) is 6.64. The van der Waals surface area contributed by atoms with E-state index in [0.717, 1.165) is 6.26 Å². The van der Waals surface area contributed by atoms with Gasteiger partial charge in [-0.1, -0.05) is 57.2 Å². The Hall–Kier alpha value is -1.66. The maximum atomic E-state index is 12.3. The lowest BCUT2D eigenvalue weighted by molar-refractivity contribution is -0.133. The number of carboxylic acid groups (broad SMARTS) is 1. The first-order chi connectivity index (χ1) is 10.0. The van der Waals surface area contributed by atoms with Gasteiger partial charge < -0.3 is 5.11 Å². The maximum absolute atomic E-state index is 12.3. The smallest absolute Gasteiger partial charge is 0.333 e. The Balaban J connectivity index is 2.66. The fourth-order valence-corrected chi connectivity index (χ4v) is 4.22. The van der Waals surface area contributed by atoms with Crippen molar-refractivity contribution in [3.63, 3.8) is 0 Å². The number of hydrogen-bond acceptors (Lipinski definition) is 3. The number of rotatable bonds is 3. The lowest BCUT2D eigenvalue weighted by Crippen LogP contribution is -2.44. The Bertz CT molecular complexity index is 701. The van der Waals surface area contributed by atoms with E-state index in [4.69, 9.17) is 0 Å². The lowest BCUT2D eigenvalue weighted by atomic mass is 9.87. The first-order valence-electron chi connectivity index (χ1n) is 7.02. The number of carbonyl (C=O) groups is 1. The molecule has 2 atom stereocenters. The number of hydrogen-bond donors (Lipinski definition) is 1. The summed E-state index contributed by atoms with van der Waals surface area (Å²) in [7, 11) is -3.58. The van der Waals surface area contributed by atoms with Crippen LogP contribution in [0.5, 0.6) is 0 Å². The Morgan fingerprint density at radius 2 is 1.73 bits per heavy atom. The third-order valence-electron chi connectivity index (χ3n) is 3.79. The minimum Gasteiger partial charge on any atom is -0.478 e. The molecule has 0 unspecified atom stereocenters. The van der Waals surface area contributed by atoms with Crippen molar-refractivity contribution in [2.45, 2.75) is 32.9 Å². The van der Waals surface area contributed by atoms with Crippen LogP contribution in [0.25, 0.3) is 0 Å². The molecular weight excluding hydrogens is 302 g/mol. The molecule has 0 saturated heterocycles. The van der Waals surface area contributed by atoms with Gasteiger partial charge in [-0.15, -0.1) is 0 Å². The highest BCUT2D eigenvalue weighted by Crippen LogP contribution is 2.44. The Morgan fingerprint density at radius 1 is 1.18 bits per heavy atom. The molecule has 1 N–H and O–H groups in total. The SMILES string of the molecule is CC(C)(C)[C@@H]1C=C(C(=O)O)[C@H](c2ccccc2)N1S(C)(=O)=O. The molecule has 0 amide bonds. The van der Waals surface area contributed by atoms with E-state index < -0.39 is 33.5 Å². The van der Waals surface area contributed by atoms with E-state index in [1.165, 1.54) is 4.31 Å². The molecule has 0 radical (unpaired) electrons. The average Bonchev–Trinajstić information content (AvgIpc) is 2.80. The van der Waals surface area contributed by atoms with Crippen LogP contribution < -0.4 is 0 Å². The molecule has 1 heterocycles. The highest BCUT2D eigenvalue weighted by Gasteiger charge is 2.47. The van der Waals surface area contributed by atoms with Crippen molar-refractivity contribution in [1.82, 2.24) is 4.31 Å². The third kappa shape index (κ3) is 3.08. The second kappa shape index (κ2) is 5.52. The van der Waals surface area contributed by atoms with E-state index in [0.29, 0.717) is 5.56 Å². The fraction of sp³-hybridized carbons (Fsp3) is 0.438. The molecule has 2 rings (SSSR count). The van der Waals surface area contributed by atoms with Crippen LogP contribution in [-0.2, 0) is 14.8 Å². The summed E-state index contributed by atoms with van der Waals surface area (Å²) in [6.45, 7) is 5.71. The van der Waals surface area contributed by atoms with Gasteiger partial charge in [0.1, 0.15) is 0 Å². The van der Waals surface area contributed by atoms with Gasteiger partial charge in [-0.2, -0.15) is 4.31 Å². The van der Waals surface area contributed by atoms with Crippen molar-refractivity contribution in [1.29, 1.82) is 0 Å². The van der Waals surface area contributed by atoms with Gasteiger partial charge in [0.15, 0.2) is 0 Å². The Kier molecular flexibility index (Phi) is 4.19. The minimum atomic E-state index is -3.58. The molecule has 0 aliphatic carbocycles. The molecule has 6 heteroatoms. The zero-order valence-corrected chi connectivity index (χ0v) is 14.0. The standard InChI is InChI=1S/C16H21NO4S/c1-16(2,3)13-10-12(15(18)19)14(17(13)22(4,20)21)11-8-6-5-7-9-11/h5-10,13-14H,1-4H3,(H,18,19)/t13-,14-/m0/s1. The Labute approximate surface area is 131 Å². The summed E-state index contributed by atoms with van der Waals surface area (Å²) in [4.78, 5) is 11.6. The van der Waals surface area contributed by atoms with Gasteiger partial charge in [0.2, 0.25) is 10.0 Å². The third-order valence-corrected chi connectivity index (χ3v) is 5.00. The van der Waals surface area contributed by atoms with Gasteiger partial charge in [0.05, 0.1) is 17.9 Å². The predicted octanol–water partition coefficient (Wildman–Crippen LogP) is 2.43. The average molecular weight is 323 g/mol. The number of carboxylic acids is 1. The van der Waals surface area contributed by atoms with Crippen LogP contribution in [0, 0.1) is 5.41 Å². The summed E-state index contributed by atoms with van der Waals surface area (Å²) in [6, 6.07) is 7.58. The van der Waals surface area contributed by atoms with Gasteiger partial charge in [-0.3, -0.25) is 0 Å². The molecule has 1 aliphatic heterocycles. The van der Waals surface area contributed by atoms with Crippen molar-refractivity contribution in [3.05, 3.63) is 47.5 Å². The van der Waals surface area contributed by atoms with Crippen LogP contribution in [0.4, 0.5) is 0 Å². The normalized spacial score (nSPS) is 23.4. The van der Waals surface area contributed by atoms with Crippen molar-refractivity contribution in [2.75, 3.05) is 6.26 Å². The van der Waals surface area contributed by atoms with Crippen LogP contribution in [0.3, 0.4) is 0 Å². The van der Waals surface area contributed by atoms with Crippen molar-refractivity contribution in [3.8, 4) is 0 Å². The van der Waals surface area contributed by atoms with Crippen molar-refractivity contribution >= 4 is 16.0 Å². The van der Waals surface area contributed by atoms with E-state index >= 15 is 0 Å². The zero-order chi connectivity index (χ0) is 16.7. The van der Waals surface area contributed by atoms with Crippen molar-refractivity contribution < 1.29 is 18.3 Å². The first kappa shape index (κ1) is 16.7. The quantitative estimate of drug-likeness (QED) is 0.927. The van der Waals surface area contributed by atoms with E-state index in [9.17, 15) is 18.3 Å². The molecule has 0 fully saturated rings. The van der Waals surface area contributed by atoms with Crippen LogP contribution in [-0.4, -0.2) is 36.1 Å². The van der Waals surface area contributed by atoms with E-state index in [-0.39, 0.29) is 5.57 Å². The van der Waals surface area contributed by atoms with Gasteiger partial charge in [0, 0.05) is 6.04 Å². The Morgan fingerprint density at radius 3 is 2.14 bits per heavy atom. The summed E-state index contributed by atoms with van der Waals surface area (Å²) in [6.07, 6.45) is 2.70. The minimum absolute atomic E-state index is 0.108. The van der Waals surface area contributed by atoms with Gasteiger partial charge in [0.25, 0.3) is 0 Å². The topological polar surface area (TPSA) is 74.7 Å². The number of sulfonamides is 1. The number of benzene rings is 1. The van der Waals surface area contributed by atoms with Crippen LogP contribution in [0.1, 0.15) is 32.4 Å².